The third kappa shape index (κ3) is 6.88. The van der Waals surface area contributed by atoms with Crippen molar-refractivity contribution in [3.8, 4) is 0 Å². The summed E-state index contributed by atoms with van der Waals surface area (Å²) in [6.45, 7) is 12.9. The Hall–Kier alpha value is -0.120. The van der Waals surface area contributed by atoms with Crippen LogP contribution in [0.2, 0.25) is 0 Å². The first-order valence-electron chi connectivity index (χ1n) is 6.12. The van der Waals surface area contributed by atoms with E-state index in [-0.39, 0.29) is 0 Å². The van der Waals surface area contributed by atoms with Crippen LogP contribution in [0.5, 0.6) is 0 Å². The summed E-state index contributed by atoms with van der Waals surface area (Å²) < 4.78 is 5.13. The first kappa shape index (κ1) is 14.9. The summed E-state index contributed by atoms with van der Waals surface area (Å²) in [5.74, 6) is 0. The molecule has 0 bridgehead atoms. The second-order valence-corrected chi connectivity index (χ2v) is 4.25. The molecule has 15 heavy (non-hydrogen) atoms. The molecule has 0 saturated heterocycles. The molecule has 92 valence electrons. The van der Waals surface area contributed by atoms with Crippen LogP contribution in [0.4, 0.5) is 0 Å². The van der Waals surface area contributed by atoms with Crippen LogP contribution in [0.25, 0.3) is 0 Å². The lowest BCUT2D eigenvalue weighted by molar-refractivity contribution is 0.120. The summed E-state index contributed by atoms with van der Waals surface area (Å²) in [5.41, 5.74) is 0. The molecule has 0 aliphatic carbocycles. The molecule has 0 saturated carbocycles. The van der Waals surface area contributed by atoms with Gasteiger partial charge < -0.3 is 10.1 Å². The van der Waals surface area contributed by atoms with E-state index in [4.69, 9.17) is 4.74 Å². The largest absolute Gasteiger partial charge is 0.383 e. The quantitative estimate of drug-likeness (QED) is 0.635. The zero-order valence-electron chi connectivity index (χ0n) is 11.0. The van der Waals surface area contributed by atoms with Crippen molar-refractivity contribution in [2.24, 2.45) is 0 Å². The first-order chi connectivity index (χ1) is 7.15. The summed E-state index contributed by atoms with van der Waals surface area (Å²) in [6.07, 6.45) is 1.19. The zero-order valence-corrected chi connectivity index (χ0v) is 11.0. The van der Waals surface area contributed by atoms with Crippen LogP contribution in [0, 0.1) is 0 Å². The number of hydrogen-bond acceptors (Lipinski definition) is 3. The number of hydrogen-bond donors (Lipinski definition) is 1. The molecule has 0 amide bonds. The van der Waals surface area contributed by atoms with Crippen molar-refractivity contribution >= 4 is 0 Å². The number of ether oxygens (including phenoxy) is 1. The van der Waals surface area contributed by atoms with Crippen LogP contribution in [0.15, 0.2) is 0 Å². The summed E-state index contributed by atoms with van der Waals surface area (Å²) in [4.78, 5) is 2.49. The van der Waals surface area contributed by atoms with Crippen LogP contribution in [0.1, 0.15) is 34.1 Å². The van der Waals surface area contributed by atoms with Crippen LogP contribution < -0.4 is 5.32 Å². The molecule has 1 atom stereocenters. The Morgan fingerprint density at radius 3 is 2.33 bits per heavy atom. The highest BCUT2D eigenvalue weighted by Gasteiger charge is 2.14. The van der Waals surface area contributed by atoms with Crippen LogP contribution in [-0.4, -0.2) is 50.3 Å². The Morgan fingerprint density at radius 1 is 1.27 bits per heavy atom. The minimum absolute atomic E-state index is 0.570. The van der Waals surface area contributed by atoms with E-state index in [2.05, 4.69) is 37.9 Å². The molecule has 0 radical (unpaired) electrons. The Labute approximate surface area is 95.2 Å². The van der Waals surface area contributed by atoms with Crippen molar-refractivity contribution in [2.45, 2.75) is 46.2 Å². The van der Waals surface area contributed by atoms with E-state index in [0.717, 1.165) is 26.2 Å². The van der Waals surface area contributed by atoms with Gasteiger partial charge in [0.05, 0.1) is 6.61 Å². The first-order valence-corrected chi connectivity index (χ1v) is 6.12. The number of methoxy groups -OCH3 is 1. The molecule has 0 aliphatic heterocycles. The van der Waals surface area contributed by atoms with Gasteiger partial charge in [0.2, 0.25) is 0 Å². The van der Waals surface area contributed by atoms with E-state index >= 15 is 0 Å². The van der Waals surface area contributed by atoms with E-state index in [0.29, 0.717) is 12.1 Å². The predicted molar refractivity (Wildman–Crippen MR) is 66.3 cm³/mol. The Morgan fingerprint density at radius 2 is 1.93 bits per heavy atom. The lowest BCUT2D eigenvalue weighted by Crippen LogP contribution is -2.44. The molecule has 0 aliphatic rings. The zero-order chi connectivity index (χ0) is 11.7. The summed E-state index contributed by atoms with van der Waals surface area (Å²) in [7, 11) is 1.77. The highest BCUT2D eigenvalue weighted by atomic mass is 16.5. The van der Waals surface area contributed by atoms with Gasteiger partial charge in [0, 0.05) is 32.3 Å². The fourth-order valence-electron chi connectivity index (χ4n) is 1.71. The van der Waals surface area contributed by atoms with Gasteiger partial charge in [-0.2, -0.15) is 0 Å². The van der Waals surface area contributed by atoms with Gasteiger partial charge in [-0.05, 0) is 13.0 Å². The molecule has 0 rings (SSSR count). The van der Waals surface area contributed by atoms with Crippen molar-refractivity contribution in [2.75, 3.05) is 33.4 Å². The van der Waals surface area contributed by atoms with E-state index in [1.165, 1.54) is 6.42 Å². The molecule has 0 aromatic rings. The molecule has 0 fully saturated rings. The summed E-state index contributed by atoms with van der Waals surface area (Å²) in [5, 5.41) is 3.51. The van der Waals surface area contributed by atoms with Crippen LogP contribution in [-0.2, 0) is 4.74 Å². The van der Waals surface area contributed by atoms with Crippen molar-refractivity contribution in [1.29, 1.82) is 0 Å². The fourth-order valence-corrected chi connectivity index (χ4v) is 1.71. The maximum absolute atomic E-state index is 5.13. The Balaban J connectivity index is 3.96. The summed E-state index contributed by atoms with van der Waals surface area (Å²) in [6, 6.07) is 1.20. The van der Waals surface area contributed by atoms with Crippen LogP contribution >= 0.6 is 0 Å². The average molecular weight is 216 g/mol. The Kier molecular flexibility index (Phi) is 9.06. The Bertz CT molecular complexity index is 140. The molecule has 1 N–H and O–H groups in total. The van der Waals surface area contributed by atoms with Gasteiger partial charge in [0.25, 0.3) is 0 Å². The number of rotatable bonds is 9. The van der Waals surface area contributed by atoms with E-state index in [1.54, 1.807) is 7.11 Å². The highest BCUT2D eigenvalue weighted by Crippen LogP contribution is 2.03. The molecule has 1 unspecified atom stereocenters. The molecule has 3 nitrogen and oxygen atoms in total. The van der Waals surface area contributed by atoms with Gasteiger partial charge in [0.1, 0.15) is 0 Å². The number of nitrogens with zero attached hydrogens (tertiary/aromatic N) is 1. The number of nitrogens with one attached hydrogen (secondary N) is 1. The van der Waals surface area contributed by atoms with Crippen molar-refractivity contribution in [3.63, 3.8) is 0 Å². The molecule has 0 heterocycles. The minimum atomic E-state index is 0.570. The fraction of sp³-hybridized carbons (Fsp3) is 1.00. The molecule has 0 aromatic carbocycles. The number of likely N-dealkylation sites (N-methyl/N-ethyl adjacent to an activating group) is 1. The average Bonchev–Trinajstić information content (AvgIpc) is 2.22. The van der Waals surface area contributed by atoms with Crippen LogP contribution in [0.3, 0.4) is 0 Å². The van der Waals surface area contributed by atoms with Crippen molar-refractivity contribution < 1.29 is 4.74 Å². The maximum atomic E-state index is 5.13. The monoisotopic (exact) mass is 216 g/mol. The minimum Gasteiger partial charge on any atom is -0.383 e. The molecule has 0 spiro atoms. The van der Waals surface area contributed by atoms with Gasteiger partial charge in [0.15, 0.2) is 0 Å². The molecule has 3 heteroatoms. The topological polar surface area (TPSA) is 24.5 Å². The second-order valence-electron chi connectivity index (χ2n) is 4.25. The lowest BCUT2D eigenvalue weighted by Gasteiger charge is -2.30. The maximum Gasteiger partial charge on any atom is 0.0589 e. The van der Waals surface area contributed by atoms with E-state index in [9.17, 15) is 0 Å². The normalized spacial score (nSPS) is 13.8. The van der Waals surface area contributed by atoms with Gasteiger partial charge in [-0.1, -0.05) is 27.7 Å². The van der Waals surface area contributed by atoms with Gasteiger partial charge in [-0.25, -0.2) is 0 Å². The smallest absolute Gasteiger partial charge is 0.0589 e. The predicted octanol–water partition coefficient (Wildman–Crippen LogP) is 1.73. The van der Waals surface area contributed by atoms with E-state index < -0.39 is 0 Å². The third-order valence-corrected chi connectivity index (χ3v) is 2.74. The lowest BCUT2D eigenvalue weighted by atomic mass is 10.1. The molecular weight excluding hydrogens is 188 g/mol. The van der Waals surface area contributed by atoms with Gasteiger partial charge in [-0.15, -0.1) is 0 Å². The highest BCUT2D eigenvalue weighted by molar-refractivity contribution is 4.72. The SMILES string of the molecule is CCC(CNC(C)C)N(CC)CCOC. The van der Waals surface area contributed by atoms with E-state index in [1.807, 2.05) is 0 Å². The standard InChI is InChI=1S/C12H28N2O/c1-6-12(10-13-11(3)4)14(7-2)8-9-15-5/h11-13H,6-10H2,1-5H3. The van der Waals surface area contributed by atoms with Gasteiger partial charge in [-0.3, -0.25) is 4.90 Å². The molecule has 0 aromatic heterocycles. The second kappa shape index (κ2) is 9.13. The van der Waals surface area contributed by atoms with Crippen molar-refractivity contribution in [3.05, 3.63) is 0 Å². The molecular formula is C12H28N2O. The van der Waals surface area contributed by atoms with Crippen molar-refractivity contribution in [1.82, 2.24) is 10.2 Å². The third-order valence-electron chi connectivity index (χ3n) is 2.74. The van der Waals surface area contributed by atoms with Gasteiger partial charge >= 0.3 is 0 Å². The summed E-state index contributed by atoms with van der Waals surface area (Å²) >= 11 is 0.